The van der Waals surface area contributed by atoms with Crippen LogP contribution in [-0.4, -0.2) is 29.6 Å². The fourth-order valence-electron chi connectivity index (χ4n) is 6.13. The van der Waals surface area contributed by atoms with Gasteiger partial charge in [0.15, 0.2) is 5.78 Å². The number of carbonyl (C=O) groups excluding carboxylic acids is 1. The van der Waals surface area contributed by atoms with E-state index in [0.717, 1.165) is 16.7 Å². The first-order chi connectivity index (χ1) is 13.1. The molecule has 7 heteroatoms. The van der Waals surface area contributed by atoms with Gasteiger partial charge in [-0.1, -0.05) is 18.6 Å². The van der Waals surface area contributed by atoms with Gasteiger partial charge in [0, 0.05) is 11.8 Å². The first kappa shape index (κ1) is 19.8. The molecule has 0 aromatic heterocycles. The van der Waals surface area contributed by atoms with Crippen LogP contribution in [0.25, 0.3) is 0 Å². The Kier molecular flexibility index (Phi) is 4.60. The molecule has 154 valence electrons. The standard InChI is InChI=1S/C21H23F5O2/c22-20(23,21(24,25)26)18(11-27)19-8-1-2-17(19)16-5-3-12-10-13(28)4-6-14(12)15(16)7-9-19/h7,9-10,16-18,27H,1-6,8,11H2/t16-,17+,18?,19?/m1/s1. The van der Waals surface area contributed by atoms with E-state index in [0.29, 0.717) is 38.5 Å². The summed E-state index contributed by atoms with van der Waals surface area (Å²) in [5.41, 5.74) is 1.70. The Morgan fingerprint density at radius 1 is 1.14 bits per heavy atom. The molecule has 0 spiro atoms. The monoisotopic (exact) mass is 402 g/mol. The van der Waals surface area contributed by atoms with Gasteiger partial charge in [-0.15, -0.1) is 0 Å². The van der Waals surface area contributed by atoms with Gasteiger partial charge in [-0.05, 0) is 66.7 Å². The molecule has 0 aliphatic heterocycles. The normalized spacial score (nSPS) is 33.9. The van der Waals surface area contributed by atoms with Crippen LogP contribution in [0.4, 0.5) is 22.0 Å². The summed E-state index contributed by atoms with van der Waals surface area (Å²) < 4.78 is 68.2. The van der Waals surface area contributed by atoms with Crippen molar-refractivity contribution in [3.63, 3.8) is 0 Å². The van der Waals surface area contributed by atoms with E-state index in [1.54, 1.807) is 12.2 Å². The van der Waals surface area contributed by atoms with Crippen LogP contribution < -0.4 is 0 Å². The second kappa shape index (κ2) is 6.51. The van der Waals surface area contributed by atoms with Crippen molar-refractivity contribution in [1.82, 2.24) is 0 Å². The summed E-state index contributed by atoms with van der Waals surface area (Å²) in [6.07, 6.45) is 2.89. The first-order valence-electron chi connectivity index (χ1n) is 9.83. The van der Waals surface area contributed by atoms with Crippen molar-refractivity contribution < 1.29 is 31.9 Å². The maximum Gasteiger partial charge on any atom is 0.453 e. The lowest BCUT2D eigenvalue weighted by atomic mass is 9.55. The summed E-state index contributed by atoms with van der Waals surface area (Å²) in [5, 5.41) is 9.66. The second-order valence-electron chi connectivity index (χ2n) is 8.52. The Labute approximate surface area is 160 Å². The zero-order chi connectivity index (χ0) is 20.3. The van der Waals surface area contributed by atoms with Crippen LogP contribution in [0.5, 0.6) is 0 Å². The smallest absolute Gasteiger partial charge is 0.396 e. The summed E-state index contributed by atoms with van der Waals surface area (Å²) in [7, 11) is 0. The van der Waals surface area contributed by atoms with Crippen LogP contribution in [0.15, 0.2) is 34.9 Å². The number of aliphatic hydroxyl groups excluding tert-OH is 1. The SMILES string of the molecule is O=C1C=C2CC[C@@H]3C(=C2CC1)C=CC1(C(CO)C(F)(F)C(F)(F)F)CCC[C@@H]31. The summed E-state index contributed by atoms with van der Waals surface area (Å²) in [6, 6.07) is 0. The maximum absolute atomic E-state index is 14.4. The number of hydrogen-bond acceptors (Lipinski definition) is 2. The molecule has 4 rings (SSSR count). The van der Waals surface area contributed by atoms with Crippen molar-refractivity contribution in [1.29, 1.82) is 0 Å². The molecule has 1 fully saturated rings. The van der Waals surface area contributed by atoms with Gasteiger partial charge in [-0.25, -0.2) is 0 Å². The van der Waals surface area contributed by atoms with E-state index in [9.17, 15) is 31.9 Å². The van der Waals surface area contributed by atoms with Gasteiger partial charge in [0.2, 0.25) is 0 Å². The number of allylic oxidation sites excluding steroid dienone is 6. The van der Waals surface area contributed by atoms with E-state index >= 15 is 0 Å². The third-order valence-electron chi connectivity index (χ3n) is 7.34. The predicted octanol–water partition coefficient (Wildman–Crippen LogP) is 5.14. The zero-order valence-corrected chi connectivity index (χ0v) is 15.4. The highest BCUT2D eigenvalue weighted by Crippen LogP contribution is 2.63. The molecule has 0 bridgehead atoms. The first-order valence-corrected chi connectivity index (χ1v) is 9.83. The molecule has 0 aromatic carbocycles. The number of hydrogen-bond donors (Lipinski definition) is 1. The molecule has 4 aliphatic rings. The molecular weight excluding hydrogens is 379 g/mol. The fourth-order valence-corrected chi connectivity index (χ4v) is 6.13. The van der Waals surface area contributed by atoms with Crippen LogP contribution in [0.1, 0.15) is 44.9 Å². The number of aliphatic hydroxyl groups is 1. The highest BCUT2D eigenvalue weighted by molar-refractivity contribution is 5.93. The van der Waals surface area contributed by atoms with Gasteiger partial charge in [0.05, 0.1) is 12.5 Å². The molecule has 2 unspecified atom stereocenters. The van der Waals surface area contributed by atoms with E-state index < -0.39 is 30.0 Å². The molecule has 2 nitrogen and oxygen atoms in total. The molecule has 0 aromatic rings. The Hall–Kier alpha value is -1.50. The molecule has 28 heavy (non-hydrogen) atoms. The number of halogens is 5. The number of carbonyl (C=O) groups is 1. The molecule has 0 heterocycles. The van der Waals surface area contributed by atoms with Crippen LogP contribution in [0.2, 0.25) is 0 Å². The van der Waals surface area contributed by atoms with E-state index in [4.69, 9.17) is 0 Å². The largest absolute Gasteiger partial charge is 0.453 e. The van der Waals surface area contributed by atoms with Crippen molar-refractivity contribution >= 4 is 5.78 Å². The molecule has 1 saturated carbocycles. The highest BCUT2D eigenvalue weighted by atomic mass is 19.4. The highest BCUT2D eigenvalue weighted by Gasteiger charge is 2.69. The van der Waals surface area contributed by atoms with Gasteiger partial charge in [0.1, 0.15) is 0 Å². The third-order valence-corrected chi connectivity index (χ3v) is 7.34. The lowest BCUT2D eigenvalue weighted by molar-refractivity contribution is -0.319. The van der Waals surface area contributed by atoms with Gasteiger partial charge in [0.25, 0.3) is 0 Å². The lowest BCUT2D eigenvalue weighted by Gasteiger charge is -2.50. The Balaban J connectivity index is 1.80. The quantitative estimate of drug-likeness (QED) is 0.664. The summed E-state index contributed by atoms with van der Waals surface area (Å²) in [5.74, 6) is -7.48. The number of alkyl halides is 5. The van der Waals surface area contributed by atoms with Crippen molar-refractivity contribution in [2.75, 3.05) is 6.61 Å². The second-order valence-corrected chi connectivity index (χ2v) is 8.52. The average Bonchev–Trinajstić information content (AvgIpc) is 3.05. The van der Waals surface area contributed by atoms with E-state index in [2.05, 4.69) is 0 Å². The molecular formula is C21H23F5O2. The summed E-state index contributed by atoms with van der Waals surface area (Å²) in [4.78, 5) is 11.7. The minimum Gasteiger partial charge on any atom is -0.396 e. The van der Waals surface area contributed by atoms with E-state index in [1.165, 1.54) is 6.08 Å². The number of rotatable bonds is 3. The summed E-state index contributed by atoms with van der Waals surface area (Å²) in [6.45, 7) is -1.20. The van der Waals surface area contributed by atoms with Gasteiger partial charge < -0.3 is 5.11 Å². The molecule has 1 N–H and O–H groups in total. The van der Waals surface area contributed by atoms with E-state index in [1.807, 2.05) is 0 Å². The third kappa shape index (κ3) is 2.72. The molecule has 0 amide bonds. The lowest BCUT2D eigenvalue weighted by Crippen LogP contribution is -2.55. The maximum atomic E-state index is 14.4. The minimum absolute atomic E-state index is 0.0815. The van der Waals surface area contributed by atoms with Gasteiger partial charge >= 0.3 is 12.1 Å². The van der Waals surface area contributed by atoms with Crippen molar-refractivity contribution in [3.8, 4) is 0 Å². The Bertz CT molecular complexity index is 776. The zero-order valence-electron chi connectivity index (χ0n) is 15.4. The van der Waals surface area contributed by atoms with Crippen LogP contribution >= 0.6 is 0 Å². The van der Waals surface area contributed by atoms with E-state index in [-0.39, 0.29) is 24.0 Å². The van der Waals surface area contributed by atoms with Crippen molar-refractivity contribution in [3.05, 3.63) is 34.9 Å². The van der Waals surface area contributed by atoms with Crippen LogP contribution in [-0.2, 0) is 4.79 Å². The van der Waals surface area contributed by atoms with Crippen LogP contribution in [0.3, 0.4) is 0 Å². The molecule has 4 atom stereocenters. The van der Waals surface area contributed by atoms with Crippen LogP contribution in [0, 0.1) is 23.2 Å². The molecule has 0 saturated heterocycles. The molecule has 4 aliphatic carbocycles. The van der Waals surface area contributed by atoms with Gasteiger partial charge in [-0.2, -0.15) is 22.0 Å². The number of fused-ring (bicyclic) bond motifs is 4. The summed E-state index contributed by atoms with van der Waals surface area (Å²) >= 11 is 0. The topological polar surface area (TPSA) is 37.3 Å². The fraction of sp³-hybridized carbons (Fsp3) is 0.667. The van der Waals surface area contributed by atoms with Crippen molar-refractivity contribution in [2.24, 2.45) is 23.2 Å². The Morgan fingerprint density at radius 3 is 2.57 bits per heavy atom. The molecule has 0 radical (unpaired) electrons. The van der Waals surface area contributed by atoms with Gasteiger partial charge in [-0.3, -0.25) is 4.79 Å². The van der Waals surface area contributed by atoms with Crippen molar-refractivity contribution in [2.45, 2.75) is 57.0 Å². The Morgan fingerprint density at radius 2 is 1.89 bits per heavy atom. The minimum atomic E-state index is -5.69. The predicted molar refractivity (Wildman–Crippen MR) is 92.6 cm³/mol. The average molecular weight is 402 g/mol. The number of ketones is 1.